The molecule has 1 amide bonds. The number of hydrogen-bond acceptors (Lipinski definition) is 4. The summed E-state index contributed by atoms with van der Waals surface area (Å²) in [5.41, 5.74) is 0.606. The van der Waals surface area contributed by atoms with Crippen molar-refractivity contribution in [3.8, 4) is 0 Å². The van der Waals surface area contributed by atoms with Crippen molar-refractivity contribution in [3.63, 3.8) is 0 Å². The molecule has 1 aliphatic heterocycles. The second-order valence-corrected chi connectivity index (χ2v) is 5.13. The number of nitrogens with zero attached hydrogens (tertiary/aromatic N) is 2. The van der Waals surface area contributed by atoms with Gasteiger partial charge >= 0.3 is 0 Å². The van der Waals surface area contributed by atoms with Gasteiger partial charge in [-0.3, -0.25) is 4.79 Å². The Balaban J connectivity index is 1.90. The molecule has 1 aliphatic rings. The highest BCUT2D eigenvalue weighted by Gasteiger charge is 2.18. The van der Waals surface area contributed by atoms with E-state index >= 15 is 0 Å². The van der Waals surface area contributed by atoms with Gasteiger partial charge in [0.2, 0.25) is 0 Å². The van der Waals surface area contributed by atoms with Gasteiger partial charge in [-0.1, -0.05) is 0 Å². The zero-order valence-corrected chi connectivity index (χ0v) is 11.6. The van der Waals surface area contributed by atoms with E-state index in [1.54, 1.807) is 25.4 Å². The summed E-state index contributed by atoms with van der Waals surface area (Å²) in [6.45, 7) is 2.96. The largest absolute Gasteiger partial charge is 0.372 e. The van der Waals surface area contributed by atoms with Crippen LogP contribution in [0.15, 0.2) is 18.3 Å². The molecular weight excluding hydrogens is 240 g/mol. The van der Waals surface area contributed by atoms with Gasteiger partial charge in [-0.2, -0.15) is 0 Å². The van der Waals surface area contributed by atoms with Gasteiger partial charge in [0.1, 0.15) is 5.82 Å². The summed E-state index contributed by atoms with van der Waals surface area (Å²) >= 11 is 0. The molecule has 1 atom stereocenters. The Kier molecular flexibility index (Phi) is 4.74. The molecule has 5 nitrogen and oxygen atoms in total. The third-order valence-electron chi connectivity index (χ3n) is 3.56. The molecule has 1 fully saturated rings. The summed E-state index contributed by atoms with van der Waals surface area (Å²) in [6.07, 6.45) is 4.08. The minimum Gasteiger partial charge on any atom is -0.372 e. The molecule has 0 saturated carbocycles. The van der Waals surface area contributed by atoms with Crippen LogP contribution in [0.5, 0.6) is 0 Å². The number of anilines is 1. The summed E-state index contributed by atoms with van der Waals surface area (Å²) < 4.78 is 0. The SMILES string of the molecule is CNc1ncccc1C(=O)NCC1CCCN(C)C1. The number of hydrogen-bond donors (Lipinski definition) is 2. The highest BCUT2D eigenvalue weighted by Crippen LogP contribution is 2.15. The molecule has 0 radical (unpaired) electrons. The normalized spacial score (nSPS) is 20.0. The van der Waals surface area contributed by atoms with Gasteiger partial charge in [0.05, 0.1) is 5.56 Å². The van der Waals surface area contributed by atoms with E-state index in [2.05, 4.69) is 27.6 Å². The van der Waals surface area contributed by atoms with E-state index in [9.17, 15) is 4.79 Å². The summed E-state index contributed by atoms with van der Waals surface area (Å²) in [7, 11) is 3.91. The fraction of sp³-hybridized carbons (Fsp3) is 0.571. The second kappa shape index (κ2) is 6.52. The van der Waals surface area contributed by atoms with E-state index in [1.165, 1.54) is 12.8 Å². The number of nitrogens with one attached hydrogen (secondary N) is 2. The lowest BCUT2D eigenvalue weighted by molar-refractivity contribution is 0.0937. The molecule has 2 heterocycles. The molecule has 2 rings (SSSR count). The Morgan fingerprint density at radius 1 is 1.58 bits per heavy atom. The maximum Gasteiger partial charge on any atom is 0.255 e. The Bertz CT molecular complexity index is 435. The van der Waals surface area contributed by atoms with Crippen molar-refractivity contribution >= 4 is 11.7 Å². The molecule has 0 spiro atoms. The van der Waals surface area contributed by atoms with E-state index in [1.807, 2.05) is 0 Å². The number of carbonyl (C=O) groups is 1. The Morgan fingerprint density at radius 2 is 2.42 bits per heavy atom. The summed E-state index contributed by atoms with van der Waals surface area (Å²) in [5, 5.41) is 5.96. The lowest BCUT2D eigenvalue weighted by atomic mass is 9.98. The predicted octanol–water partition coefficient (Wildman–Crippen LogP) is 1.19. The van der Waals surface area contributed by atoms with Crippen LogP contribution in [-0.2, 0) is 0 Å². The molecule has 1 aromatic rings. The van der Waals surface area contributed by atoms with Gasteiger partial charge in [0.25, 0.3) is 5.91 Å². The Hall–Kier alpha value is -1.62. The lowest BCUT2D eigenvalue weighted by Crippen LogP contribution is -2.39. The number of aromatic nitrogens is 1. The van der Waals surface area contributed by atoms with Gasteiger partial charge < -0.3 is 15.5 Å². The van der Waals surface area contributed by atoms with Gasteiger partial charge in [-0.05, 0) is 44.5 Å². The number of rotatable bonds is 4. The van der Waals surface area contributed by atoms with E-state index in [0.717, 1.165) is 19.6 Å². The first-order valence-electron chi connectivity index (χ1n) is 6.80. The highest BCUT2D eigenvalue weighted by atomic mass is 16.1. The molecule has 0 aliphatic carbocycles. The van der Waals surface area contributed by atoms with Crippen LogP contribution in [0.1, 0.15) is 23.2 Å². The van der Waals surface area contributed by atoms with Gasteiger partial charge in [-0.15, -0.1) is 0 Å². The monoisotopic (exact) mass is 262 g/mol. The van der Waals surface area contributed by atoms with Crippen molar-refractivity contribution in [1.82, 2.24) is 15.2 Å². The standard InChI is InChI=1S/C14H22N4O/c1-15-13-12(6-3-7-16-13)14(19)17-9-11-5-4-8-18(2)10-11/h3,6-7,11H,4-5,8-10H2,1-2H3,(H,15,16)(H,17,19). The van der Waals surface area contributed by atoms with Crippen molar-refractivity contribution in [3.05, 3.63) is 23.9 Å². The molecule has 19 heavy (non-hydrogen) atoms. The average molecular weight is 262 g/mol. The first-order chi connectivity index (χ1) is 9.20. The minimum absolute atomic E-state index is 0.0503. The number of piperidine rings is 1. The zero-order chi connectivity index (χ0) is 13.7. The molecule has 1 unspecified atom stereocenters. The lowest BCUT2D eigenvalue weighted by Gasteiger charge is -2.29. The van der Waals surface area contributed by atoms with Crippen LogP contribution in [0.2, 0.25) is 0 Å². The van der Waals surface area contributed by atoms with Crippen molar-refractivity contribution in [2.45, 2.75) is 12.8 Å². The average Bonchev–Trinajstić information content (AvgIpc) is 2.45. The van der Waals surface area contributed by atoms with E-state index < -0.39 is 0 Å². The van der Waals surface area contributed by atoms with Crippen LogP contribution in [0.4, 0.5) is 5.82 Å². The number of carbonyl (C=O) groups excluding carboxylic acids is 1. The molecule has 2 N–H and O–H groups in total. The summed E-state index contributed by atoms with van der Waals surface area (Å²) in [5.74, 6) is 1.13. The third-order valence-corrected chi connectivity index (χ3v) is 3.56. The predicted molar refractivity (Wildman–Crippen MR) is 76.3 cm³/mol. The molecule has 104 valence electrons. The first-order valence-corrected chi connectivity index (χ1v) is 6.80. The van der Waals surface area contributed by atoms with Crippen molar-refractivity contribution in [2.24, 2.45) is 5.92 Å². The number of pyridine rings is 1. The van der Waals surface area contributed by atoms with Crippen molar-refractivity contribution in [1.29, 1.82) is 0 Å². The maximum absolute atomic E-state index is 12.1. The van der Waals surface area contributed by atoms with Crippen molar-refractivity contribution < 1.29 is 4.79 Å². The maximum atomic E-state index is 12.1. The molecule has 1 saturated heterocycles. The highest BCUT2D eigenvalue weighted by molar-refractivity contribution is 5.98. The molecule has 0 aromatic carbocycles. The first kappa shape index (κ1) is 13.8. The van der Waals surface area contributed by atoms with E-state index in [4.69, 9.17) is 0 Å². The van der Waals surface area contributed by atoms with Crippen LogP contribution >= 0.6 is 0 Å². The quantitative estimate of drug-likeness (QED) is 0.856. The molecule has 1 aromatic heterocycles. The number of likely N-dealkylation sites (tertiary alicyclic amines) is 1. The van der Waals surface area contributed by atoms with E-state index in [-0.39, 0.29) is 5.91 Å². The molecule has 5 heteroatoms. The Labute approximate surface area is 114 Å². The number of amides is 1. The molecule has 0 bridgehead atoms. The van der Waals surface area contributed by atoms with Crippen molar-refractivity contribution in [2.75, 3.05) is 39.0 Å². The van der Waals surface area contributed by atoms with Crippen LogP contribution in [0.25, 0.3) is 0 Å². The zero-order valence-electron chi connectivity index (χ0n) is 11.6. The molecular formula is C14H22N4O. The van der Waals surface area contributed by atoms with Gasteiger partial charge in [0, 0.05) is 26.3 Å². The van der Waals surface area contributed by atoms with Crippen LogP contribution in [0, 0.1) is 5.92 Å². The Morgan fingerprint density at radius 3 is 3.16 bits per heavy atom. The summed E-state index contributed by atoms with van der Waals surface area (Å²) in [4.78, 5) is 18.6. The van der Waals surface area contributed by atoms with Crippen LogP contribution < -0.4 is 10.6 Å². The van der Waals surface area contributed by atoms with E-state index in [0.29, 0.717) is 17.3 Å². The third kappa shape index (κ3) is 3.67. The smallest absolute Gasteiger partial charge is 0.255 e. The van der Waals surface area contributed by atoms with Gasteiger partial charge in [-0.25, -0.2) is 4.98 Å². The fourth-order valence-electron chi connectivity index (χ4n) is 2.56. The summed E-state index contributed by atoms with van der Waals surface area (Å²) in [6, 6.07) is 3.57. The van der Waals surface area contributed by atoms with Gasteiger partial charge in [0.15, 0.2) is 0 Å². The fourth-order valence-corrected chi connectivity index (χ4v) is 2.56. The topological polar surface area (TPSA) is 57.3 Å². The van der Waals surface area contributed by atoms with Crippen LogP contribution in [0.3, 0.4) is 0 Å². The van der Waals surface area contributed by atoms with Crippen LogP contribution in [-0.4, -0.2) is 49.5 Å². The minimum atomic E-state index is -0.0503. The second-order valence-electron chi connectivity index (χ2n) is 5.13.